The first-order valence-electron chi connectivity index (χ1n) is 20.6. The summed E-state index contributed by atoms with van der Waals surface area (Å²) < 4.78 is 12.1. The third-order valence-electron chi connectivity index (χ3n) is 11.6. The van der Waals surface area contributed by atoms with Crippen LogP contribution in [0.4, 0.5) is 0 Å². The lowest BCUT2D eigenvalue weighted by Gasteiger charge is -2.13. The van der Waals surface area contributed by atoms with Gasteiger partial charge in [-0.2, -0.15) is 0 Å². The van der Waals surface area contributed by atoms with Crippen molar-refractivity contribution in [2.75, 3.05) is 0 Å². The molecule has 0 radical (unpaired) electrons. The van der Waals surface area contributed by atoms with Gasteiger partial charge >= 0.3 is 0 Å². The Kier molecular flexibility index (Phi) is 8.38. The zero-order chi connectivity index (χ0) is 41.0. The number of hydrogen-bond acceptors (Lipinski definition) is 6. The smallest absolute Gasteiger partial charge is 0.227 e. The van der Waals surface area contributed by atoms with Crippen LogP contribution in [0.25, 0.3) is 123 Å². The number of rotatable bonds is 7. The summed E-state index contributed by atoms with van der Waals surface area (Å²) in [6.45, 7) is 0. The highest BCUT2D eigenvalue weighted by Crippen LogP contribution is 2.37. The summed E-state index contributed by atoms with van der Waals surface area (Å²) in [6, 6.07) is 69.2. The predicted molar refractivity (Wildman–Crippen MR) is 250 cm³/mol. The van der Waals surface area contributed by atoms with E-state index in [0.717, 1.165) is 111 Å². The van der Waals surface area contributed by atoms with Crippen molar-refractivity contribution in [1.82, 2.24) is 19.9 Å². The van der Waals surface area contributed by atoms with Gasteiger partial charge in [-0.25, -0.2) is 15.0 Å². The van der Waals surface area contributed by atoms with Crippen molar-refractivity contribution in [2.45, 2.75) is 0 Å². The maximum atomic E-state index is 6.05. The van der Waals surface area contributed by atoms with E-state index in [-0.39, 0.29) is 0 Å². The minimum Gasteiger partial charge on any atom is -0.436 e. The number of hydrogen-bond donors (Lipinski definition) is 0. The second-order valence-electron chi connectivity index (χ2n) is 15.5. The van der Waals surface area contributed by atoms with Gasteiger partial charge in [-0.15, -0.1) is 0 Å². The molecule has 6 heteroatoms. The van der Waals surface area contributed by atoms with E-state index in [0.29, 0.717) is 11.8 Å². The van der Waals surface area contributed by atoms with E-state index >= 15 is 0 Å². The van der Waals surface area contributed by atoms with E-state index in [2.05, 4.69) is 138 Å². The van der Waals surface area contributed by atoms with Crippen LogP contribution in [0.1, 0.15) is 0 Å². The Labute approximate surface area is 356 Å². The Morgan fingerprint density at radius 1 is 0.306 bits per heavy atom. The lowest BCUT2D eigenvalue weighted by Crippen LogP contribution is -1.94. The first-order chi connectivity index (χ1) is 30.6. The monoisotopic (exact) mass is 794 g/mol. The lowest BCUT2D eigenvalue weighted by atomic mass is 9.94. The van der Waals surface area contributed by atoms with Crippen LogP contribution in [-0.4, -0.2) is 19.9 Å². The SMILES string of the molecule is c1ccc(-c2ccc(-c3ccc(-c4ccc5cc(-c6nc7ccccc7o6)ccc5c4)cc3)c(-c3ccc(-c4ccc5cc(-c6nc7ccccc7o6)ccc5c4)cc3)n2)nc1. The third kappa shape index (κ3) is 6.47. The molecule has 0 aliphatic carbocycles. The number of oxazole rings is 2. The van der Waals surface area contributed by atoms with E-state index in [9.17, 15) is 0 Å². The Hall–Kier alpha value is -8.48. The predicted octanol–water partition coefficient (Wildman–Crippen LogP) is 14.7. The van der Waals surface area contributed by atoms with Crippen LogP contribution in [0.2, 0.25) is 0 Å². The van der Waals surface area contributed by atoms with E-state index < -0.39 is 0 Å². The second kappa shape index (κ2) is 14.7. The molecule has 6 nitrogen and oxygen atoms in total. The summed E-state index contributed by atoms with van der Waals surface area (Å²) in [5, 5.41) is 4.56. The Morgan fingerprint density at radius 2 is 0.758 bits per heavy atom. The molecule has 0 bridgehead atoms. The van der Waals surface area contributed by atoms with Gasteiger partial charge in [0.1, 0.15) is 11.0 Å². The molecule has 290 valence electrons. The van der Waals surface area contributed by atoms with Gasteiger partial charge in [-0.1, -0.05) is 115 Å². The first-order valence-corrected chi connectivity index (χ1v) is 20.6. The molecule has 12 rings (SSSR count). The molecule has 62 heavy (non-hydrogen) atoms. The molecule has 12 aromatic rings. The number of aromatic nitrogens is 4. The molecule has 4 heterocycles. The maximum absolute atomic E-state index is 6.05. The first kappa shape index (κ1) is 35.5. The van der Waals surface area contributed by atoms with E-state index in [1.54, 1.807) is 0 Å². The fourth-order valence-electron chi connectivity index (χ4n) is 8.34. The Balaban J connectivity index is 0.842. The van der Waals surface area contributed by atoms with Crippen molar-refractivity contribution in [1.29, 1.82) is 0 Å². The maximum Gasteiger partial charge on any atom is 0.227 e. The number of nitrogens with zero attached hydrogens (tertiary/aromatic N) is 4. The summed E-state index contributed by atoms with van der Waals surface area (Å²) >= 11 is 0. The summed E-state index contributed by atoms with van der Waals surface area (Å²) in [6.07, 6.45) is 1.81. The zero-order valence-corrected chi connectivity index (χ0v) is 33.2. The average Bonchev–Trinajstić information content (AvgIpc) is 3.99. The highest BCUT2D eigenvalue weighted by molar-refractivity contribution is 5.93. The molecule has 0 N–H and O–H groups in total. The van der Waals surface area contributed by atoms with Gasteiger partial charge in [0.2, 0.25) is 11.8 Å². The summed E-state index contributed by atoms with van der Waals surface area (Å²) in [7, 11) is 0. The molecular formula is C56H34N4O2. The second-order valence-corrected chi connectivity index (χ2v) is 15.5. The van der Waals surface area contributed by atoms with Gasteiger partial charge in [0, 0.05) is 28.5 Å². The highest BCUT2D eigenvalue weighted by atomic mass is 16.4. The van der Waals surface area contributed by atoms with Gasteiger partial charge in [0.25, 0.3) is 0 Å². The topological polar surface area (TPSA) is 77.8 Å². The van der Waals surface area contributed by atoms with Crippen LogP contribution in [0, 0.1) is 0 Å². The minimum atomic E-state index is 0.627. The molecule has 0 aliphatic rings. The van der Waals surface area contributed by atoms with E-state index in [1.165, 1.54) is 0 Å². The van der Waals surface area contributed by atoms with Gasteiger partial charge < -0.3 is 8.83 Å². The quantitative estimate of drug-likeness (QED) is 0.160. The van der Waals surface area contributed by atoms with Crippen LogP contribution in [0.3, 0.4) is 0 Å². The zero-order valence-electron chi connectivity index (χ0n) is 33.2. The summed E-state index contributed by atoms with van der Waals surface area (Å²) in [5.41, 5.74) is 15.5. The van der Waals surface area contributed by atoms with Crippen molar-refractivity contribution >= 4 is 43.7 Å². The van der Waals surface area contributed by atoms with E-state index in [1.807, 2.05) is 72.9 Å². The van der Waals surface area contributed by atoms with Crippen LogP contribution < -0.4 is 0 Å². The molecule has 0 fully saturated rings. The van der Waals surface area contributed by atoms with Gasteiger partial charge in [-0.05, 0) is 134 Å². The van der Waals surface area contributed by atoms with Crippen LogP contribution >= 0.6 is 0 Å². The molecule has 0 unspecified atom stereocenters. The van der Waals surface area contributed by atoms with Crippen molar-refractivity contribution in [3.63, 3.8) is 0 Å². The largest absolute Gasteiger partial charge is 0.436 e. The Morgan fingerprint density at radius 3 is 1.27 bits per heavy atom. The molecular weight excluding hydrogens is 761 g/mol. The van der Waals surface area contributed by atoms with E-state index in [4.69, 9.17) is 23.8 Å². The van der Waals surface area contributed by atoms with Crippen molar-refractivity contribution < 1.29 is 8.83 Å². The molecule has 0 amide bonds. The standard InChI is InChI=1S/C56H34N4O2/c1-3-10-52-50(8-1)59-55(61-52)45-26-24-41-31-39(20-22-43(41)33-45)35-12-16-37(17-13-35)47-28-29-49(48-7-5-6-30-57-48)58-54(47)38-18-14-36(15-19-38)40-21-23-44-34-46(27-25-42(44)32-40)56-60-51-9-2-4-11-53(51)62-56/h1-34H. The summed E-state index contributed by atoms with van der Waals surface area (Å²) in [4.78, 5) is 19.3. The van der Waals surface area contributed by atoms with Crippen LogP contribution in [-0.2, 0) is 0 Å². The van der Waals surface area contributed by atoms with Crippen molar-refractivity contribution in [2.24, 2.45) is 0 Å². The lowest BCUT2D eigenvalue weighted by molar-refractivity contribution is 0.619. The fourth-order valence-corrected chi connectivity index (χ4v) is 8.34. The molecule has 0 atom stereocenters. The molecule has 0 spiro atoms. The van der Waals surface area contributed by atoms with Gasteiger partial charge in [-0.3, -0.25) is 4.98 Å². The average molecular weight is 795 g/mol. The number of para-hydroxylation sites is 4. The number of pyridine rings is 2. The Bertz CT molecular complexity index is 3560. The minimum absolute atomic E-state index is 0.627. The highest BCUT2D eigenvalue weighted by Gasteiger charge is 2.15. The fraction of sp³-hybridized carbons (Fsp3) is 0. The normalized spacial score (nSPS) is 11.5. The van der Waals surface area contributed by atoms with Gasteiger partial charge in [0.15, 0.2) is 11.2 Å². The summed E-state index contributed by atoms with van der Waals surface area (Å²) in [5.74, 6) is 1.26. The van der Waals surface area contributed by atoms with Crippen molar-refractivity contribution in [3.8, 4) is 78.9 Å². The number of benzene rings is 8. The van der Waals surface area contributed by atoms with Gasteiger partial charge in [0.05, 0.1) is 17.1 Å². The van der Waals surface area contributed by atoms with Crippen LogP contribution in [0.5, 0.6) is 0 Å². The van der Waals surface area contributed by atoms with Crippen molar-refractivity contribution in [3.05, 3.63) is 206 Å². The number of fused-ring (bicyclic) bond motifs is 4. The molecule has 0 saturated heterocycles. The molecule has 0 saturated carbocycles. The molecule has 4 aromatic heterocycles. The molecule has 8 aromatic carbocycles. The third-order valence-corrected chi connectivity index (χ3v) is 11.6. The molecule has 0 aliphatic heterocycles. The van der Waals surface area contributed by atoms with Crippen LogP contribution in [0.15, 0.2) is 215 Å².